The van der Waals surface area contributed by atoms with Crippen molar-refractivity contribution in [3.8, 4) is 11.5 Å². The summed E-state index contributed by atoms with van der Waals surface area (Å²) >= 11 is 6.23. The number of hydrogen-bond donors (Lipinski definition) is 1. The van der Waals surface area contributed by atoms with Crippen molar-refractivity contribution in [1.29, 1.82) is 0 Å². The minimum Gasteiger partial charge on any atom is -0.487 e. The van der Waals surface area contributed by atoms with Crippen molar-refractivity contribution in [2.45, 2.75) is 71.6 Å². The summed E-state index contributed by atoms with van der Waals surface area (Å²) in [6.07, 6.45) is 1.90. The Morgan fingerprint density at radius 3 is 2.48 bits per heavy atom. The summed E-state index contributed by atoms with van der Waals surface area (Å²) in [6.45, 7) is 9.90. The van der Waals surface area contributed by atoms with E-state index in [4.69, 9.17) is 21.1 Å². The van der Waals surface area contributed by atoms with Crippen molar-refractivity contribution in [3.63, 3.8) is 0 Å². The van der Waals surface area contributed by atoms with Crippen LogP contribution in [0.4, 0.5) is 0 Å². The molecule has 0 saturated heterocycles. The van der Waals surface area contributed by atoms with Crippen LogP contribution in [0.3, 0.4) is 0 Å². The molecule has 156 valence electrons. The first-order chi connectivity index (χ1) is 13.8. The van der Waals surface area contributed by atoms with E-state index in [0.717, 1.165) is 46.7 Å². The number of hydrogen-bond acceptors (Lipinski definition) is 3. The lowest BCUT2D eigenvalue weighted by molar-refractivity contribution is -0.128. The number of carbonyl (C=O) groups excluding carboxylic acids is 1. The van der Waals surface area contributed by atoms with Crippen molar-refractivity contribution < 1.29 is 14.3 Å². The lowest BCUT2D eigenvalue weighted by Crippen LogP contribution is -2.46. The molecule has 1 heterocycles. The highest BCUT2D eigenvalue weighted by Gasteiger charge is 2.39. The first-order valence-corrected chi connectivity index (χ1v) is 10.7. The Labute approximate surface area is 178 Å². The Kier molecular flexibility index (Phi) is 6.42. The molecule has 0 spiro atoms. The van der Waals surface area contributed by atoms with E-state index in [-0.39, 0.29) is 17.6 Å². The van der Waals surface area contributed by atoms with Crippen LogP contribution < -0.4 is 14.8 Å². The zero-order valence-corrected chi connectivity index (χ0v) is 18.6. The minimum absolute atomic E-state index is 0.105. The van der Waals surface area contributed by atoms with Crippen LogP contribution in [0.15, 0.2) is 36.4 Å². The fraction of sp³-hybridized carbons (Fsp3) is 0.458. The molecular formula is C24H30ClNO3. The second-order valence-electron chi connectivity index (χ2n) is 7.93. The summed E-state index contributed by atoms with van der Waals surface area (Å²) < 4.78 is 12.3. The van der Waals surface area contributed by atoms with E-state index in [1.54, 1.807) is 6.92 Å². The van der Waals surface area contributed by atoms with Gasteiger partial charge in [0, 0.05) is 17.0 Å². The van der Waals surface area contributed by atoms with Crippen LogP contribution in [-0.2, 0) is 4.79 Å². The maximum absolute atomic E-state index is 12.9. The predicted molar refractivity (Wildman–Crippen MR) is 117 cm³/mol. The number of aryl methyl sites for hydroxylation is 2. The molecule has 0 saturated carbocycles. The Hall–Kier alpha value is -2.20. The quantitative estimate of drug-likeness (QED) is 0.636. The zero-order chi connectivity index (χ0) is 21.2. The van der Waals surface area contributed by atoms with Gasteiger partial charge in [0.2, 0.25) is 0 Å². The summed E-state index contributed by atoms with van der Waals surface area (Å²) in [5.74, 6) is 1.36. The van der Waals surface area contributed by atoms with Gasteiger partial charge in [0.25, 0.3) is 5.91 Å². The average molecular weight is 416 g/mol. The topological polar surface area (TPSA) is 47.6 Å². The molecule has 5 heteroatoms. The molecule has 29 heavy (non-hydrogen) atoms. The number of carbonyl (C=O) groups is 1. The summed E-state index contributed by atoms with van der Waals surface area (Å²) in [7, 11) is 0. The summed E-state index contributed by atoms with van der Waals surface area (Å²) in [5, 5.41) is 3.91. The van der Waals surface area contributed by atoms with Gasteiger partial charge in [-0.25, -0.2) is 0 Å². The third kappa shape index (κ3) is 4.53. The number of amides is 1. The second-order valence-corrected chi connectivity index (χ2v) is 8.30. The number of ether oxygens (including phenoxy) is 2. The van der Waals surface area contributed by atoms with Crippen LogP contribution in [0.5, 0.6) is 11.5 Å². The van der Waals surface area contributed by atoms with Crippen LogP contribution in [0.2, 0.25) is 5.02 Å². The molecule has 0 aliphatic carbocycles. The van der Waals surface area contributed by atoms with Crippen LogP contribution in [0.1, 0.15) is 62.8 Å². The highest BCUT2D eigenvalue weighted by molar-refractivity contribution is 6.32. The molecule has 1 aliphatic heterocycles. The van der Waals surface area contributed by atoms with Gasteiger partial charge < -0.3 is 14.8 Å². The van der Waals surface area contributed by atoms with E-state index in [9.17, 15) is 4.79 Å². The monoisotopic (exact) mass is 415 g/mol. The molecule has 4 nitrogen and oxygen atoms in total. The zero-order valence-electron chi connectivity index (χ0n) is 17.8. The van der Waals surface area contributed by atoms with Gasteiger partial charge >= 0.3 is 0 Å². The third-order valence-corrected chi connectivity index (χ3v) is 6.49. The fourth-order valence-corrected chi connectivity index (χ4v) is 4.06. The molecule has 0 radical (unpaired) electrons. The lowest BCUT2D eigenvalue weighted by atomic mass is 9.83. The summed E-state index contributed by atoms with van der Waals surface area (Å²) in [6, 6.07) is 11.6. The molecule has 1 amide bonds. The van der Waals surface area contributed by atoms with Crippen molar-refractivity contribution in [1.82, 2.24) is 5.32 Å². The molecule has 2 aromatic carbocycles. The Morgan fingerprint density at radius 1 is 1.24 bits per heavy atom. The molecule has 1 aliphatic rings. The number of para-hydroxylation sites is 1. The average Bonchev–Trinajstić information content (AvgIpc) is 2.71. The Bertz CT molecular complexity index is 868. The largest absolute Gasteiger partial charge is 0.487 e. The Morgan fingerprint density at radius 2 is 1.86 bits per heavy atom. The molecule has 0 unspecified atom stereocenters. The first-order valence-electron chi connectivity index (χ1n) is 10.3. The molecule has 2 atom stereocenters. The second kappa shape index (κ2) is 8.66. The van der Waals surface area contributed by atoms with Crippen molar-refractivity contribution in [3.05, 3.63) is 58.1 Å². The Balaban J connectivity index is 1.77. The van der Waals surface area contributed by atoms with E-state index in [0.29, 0.717) is 5.75 Å². The van der Waals surface area contributed by atoms with Crippen LogP contribution in [0.25, 0.3) is 0 Å². The van der Waals surface area contributed by atoms with Crippen molar-refractivity contribution >= 4 is 17.5 Å². The summed E-state index contributed by atoms with van der Waals surface area (Å²) in [5.41, 5.74) is 2.62. The fourth-order valence-electron chi connectivity index (χ4n) is 3.95. The van der Waals surface area contributed by atoms with Crippen molar-refractivity contribution in [2.24, 2.45) is 0 Å². The van der Waals surface area contributed by atoms with Gasteiger partial charge in [-0.15, -0.1) is 0 Å². The van der Waals surface area contributed by atoms with E-state index in [2.05, 4.69) is 19.2 Å². The maximum atomic E-state index is 12.9. The van der Waals surface area contributed by atoms with Gasteiger partial charge in [0.05, 0.1) is 6.04 Å². The SMILES string of the molecule is CCC1(CC)C[C@H](NC(=O)[C@@H](C)Oc2cc(C)c(Cl)c(C)c2)c2ccccc2O1. The number of rotatable bonds is 6. The third-order valence-electron chi connectivity index (χ3n) is 5.89. The molecule has 3 rings (SSSR count). The normalized spacial score (nSPS) is 18.3. The molecule has 1 N–H and O–H groups in total. The number of fused-ring (bicyclic) bond motifs is 1. The van der Waals surface area contributed by atoms with Gasteiger partial charge in [-0.2, -0.15) is 0 Å². The lowest BCUT2D eigenvalue weighted by Gasteiger charge is -2.41. The maximum Gasteiger partial charge on any atom is 0.261 e. The standard InChI is InChI=1S/C24H30ClNO3/c1-6-24(7-2)14-20(19-10-8-9-11-21(19)29-24)26-23(27)17(5)28-18-12-15(3)22(25)16(4)13-18/h8-13,17,20H,6-7,14H2,1-5H3,(H,26,27)/t17-,20+/m1/s1. The molecule has 0 bridgehead atoms. The molecular weight excluding hydrogens is 386 g/mol. The van der Waals surface area contributed by atoms with E-state index >= 15 is 0 Å². The predicted octanol–water partition coefficient (Wildman–Crippen LogP) is 5.92. The van der Waals surface area contributed by atoms with Crippen LogP contribution >= 0.6 is 11.6 Å². The van der Waals surface area contributed by atoms with Gasteiger partial charge in [0.15, 0.2) is 6.10 Å². The van der Waals surface area contributed by atoms with Crippen molar-refractivity contribution in [2.75, 3.05) is 0 Å². The number of nitrogens with one attached hydrogen (secondary N) is 1. The molecule has 0 aromatic heterocycles. The van der Waals surface area contributed by atoms with E-state index in [1.165, 1.54) is 0 Å². The number of benzene rings is 2. The van der Waals surface area contributed by atoms with Gasteiger partial charge in [-0.3, -0.25) is 4.79 Å². The van der Waals surface area contributed by atoms with Gasteiger partial charge in [-0.1, -0.05) is 43.6 Å². The highest BCUT2D eigenvalue weighted by Crippen LogP contribution is 2.42. The van der Waals surface area contributed by atoms with E-state index in [1.807, 2.05) is 50.2 Å². The van der Waals surface area contributed by atoms with Crippen LogP contribution in [0, 0.1) is 13.8 Å². The summed E-state index contributed by atoms with van der Waals surface area (Å²) in [4.78, 5) is 12.9. The molecule has 2 aromatic rings. The minimum atomic E-state index is -0.623. The smallest absolute Gasteiger partial charge is 0.261 e. The van der Waals surface area contributed by atoms with E-state index < -0.39 is 6.10 Å². The highest BCUT2D eigenvalue weighted by atomic mass is 35.5. The van der Waals surface area contributed by atoms with Gasteiger partial charge in [0.1, 0.15) is 17.1 Å². The molecule has 0 fully saturated rings. The van der Waals surface area contributed by atoms with Crippen LogP contribution in [-0.4, -0.2) is 17.6 Å². The first kappa shape index (κ1) is 21.5. The van der Waals surface area contributed by atoms with Gasteiger partial charge in [-0.05, 0) is 62.9 Å². The number of halogens is 1.